The highest BCUT2D eigenvalue weighted by Gasteiger charge is 2.23. The Morgan fingerprint density at radius 3 is 2.58 bits per heavy atom. The Labute approximate surface area is 195 Å². The molecule has 3 heterocycles. The molecule has 2 atom stereocenters. The van der Waals surface area contributed by atoms with Gasteiger partial charge < -0.3 is 0 Å². The first kappa shape index (κ1) is 21.3. The smallest absolute Gasteiger partial charge is 0.0911 e. The Balaban J connectivity index is 1.37. The van der Waals surface area contributed by atoms with Crippen LogP contribution in [0.15, 0.2) is 71.9 Å². The minimum absolute atomic E-state index is 0.311. The highest BCUT2D eigenvalue weighted by Crippen LogP contribution is 2.39. The van der Waals surface area contributed by atoms with Gasteiger partial charge in [-0.15, -0.1) is 5.10 Å². The van der Waals surface area contributed by atoms with Crippen LogP contribution in [0.3, 0.4) is 0 Å². The van der Waals surface area contributed by atoms with Crippen LogP contribution in [0.4, 0.5) is 5.69 Å². The van der Waals surface area contributed by atoms with Crippen molar-refractivity contribution in [2.24, 2.45) is 12.0 Å². The molecule has 0 aliphatic carbocycles. The van der Waals surface area contributed by atoms with E-state index in [-0.39, 0.29) is 0 Å². The van der Waals surface area contributed by atoms with Crippen LogP contribution in [0.2, 0.25) is 0 Å². The molecule has 166 valence electrons. The van der Waals surface area contributed by atoms with Crippen molar-refractivity contribution in [1.29, 1.82) is 0 Å². The predicted molar refractivity (Wildman–Crippen MR) is 133 cm³/mol. The number of rotatable bonds is 7. The van der Waals surface area contributed by atoms with Gasteiger partial charge in [0.2, 0.25) is 0 Å². The first-order valence-electron chi connectivity index (χ1n) is 11.6. The molecule has 1 unspecified atom stereocenters. The predicted octanol–water partition coefficient (Wildman–Crippen LogP) is 6.10. The zero-order valence-electron chi connectivity index (χ0n) is 19.4. The molecule has 0 amide bonds. The van der Waals surface area contributed by atoms with Gasteiger partial charge in [0.05, 0.1) is 17.1 Å². The SMILES string of the molecule is Cc1ccc(C[C@@H](CCC2C=Nc3ccc(-c4c(C)nnn4C)cc32)c2ccccn2)cc1. The van der Waals surface area contributed by atoms with Gasteiger partial charge in [-0.3, -0.25) is 9.98 Å². The molecule has 33 heavy (non-hydrogen) atoms. The minimum Gasteiger partial charge on any atom is -0.261 e. The average Bonchev–Trinajstić information content (AvgIpc) is 3.40. The normalized spacial score (nSPS) is 15.5. The molecule has 4 aromatic rings. The molecule has 0 radical (unpaired) electrons. The topological polar surface area (TPSA) is 56.0 Å². The molecule has 0 N–H and O–H groups in total. The molecular formula is C28H29N5. The van der Waals surface area contributed by atoms with E-state index >= 15 is 0 Å². The largest absolute Gasteiger partial charge is 0.261 e. The third-order valence-electron chi connectivity index (χ3n) is 6.62. The fourth-order valence-electron chi connectivity index (χ4n) is 4.81. The third kappa shape index (κ3) is 4.49. The van der Waals surface area contributed by atoms with Crippen LogP contribution in [0.1, 0.15) is 52.8 Å². The molecule has 1 aliphatic heterocycles. The van der Waals surface area contributed by atoms with Gasteiger partial charge in [0, 0.05) is 42.6 Å². The number of fused-ring (bicyclic) bond motifs is 1. The average molecular weight is 436 g/mol. The number of aromatic nitrogens is 4. The molecule has 2 aromatic heterocycles. The maximum absolute atomic E-state index is 4.71. The lowest BCUT2D eigenvalue weighted by atomic mass is 9.86. The molecule has 2 aromatic carbocycles. The molecule has 5 nitrogen and oxygen atoms in total. The first-order chi connectivity index (χ1) is 16.1. The second kappa shape index (κ2) is 9.10. The monoisotopic (exact) mass is 435 g/mol. The van der Waals surface area contributed by atoms with Gasteiger partial charge in [0.25, 0.3) is 0 Å². The minimum atomic E-state index is 0.311. The molecule has 0 bridgehead atoms. The summed E-state index contributed by atoms with van der Waals surface area (Å²) in [6.07, 6.45) is 7.10. The summed E-state index contributed by atoms with van der Waals surface area (Å²) in [5.41, 5.74) is 9.34. The summed E-state index contributed by atoms with van der Waals surface area (Å²) in [4.78, 5) is 9.41. The summed E-state index contributed by atoms with van der Waals surface area (Å²) in [6, 6.07) is 21.6. The number of aryl methyl sites for hydroxylation is 3. The Bertz CT molecular complexity index is 1250. The van der Waals surface area contributed by atoms with Crippen molar-refractivity contribution in [3.05, 3.63) is 94.9 Å². The van der Waals surface area contributed by atoms with Crippen molar-refractivity contribution < 1.29 is 0 Å². The van der Waals surface area contributed by atoms with Gasteiger partial charge in [-0.05, 0) is 68.5 Å². The van der Waals surface area contributed by atoms with Crippen molar-refractivity contribution >= 4 is 11.9 Å². The number of hydrogen-bond donors (Lipinski definition) is 0. The van der Waals surface area contributed by atoms with Gasteiger partial charge in [-0.2, -0.15) is 0 Å². The lowest BCUT2D eigenvalue weighted by molar-refractivity contribution is 0.566. The van der Waals surface area contributed by atoms with E-state index in [4.69, 9.17) is 9.98 Å². The Morgan fingerprint density at radius 1 is 1.00 bits per heavy atom. The third-order valence-corrected chi connectivity index (χ3v) is 6.62. The van der Waals surface area contributed by atoms with Crippen LogP contribution in [0, 0.1) is 13.8 Å². The molecule has 0 saturated carbocycles. The number of benzene rings is 2. The summed E-state index contributed by atoms with van der Waals surface area (Å²) in [5.74, 6) is 0.684. The standard InChI is InChI=1S/C28H29N5/c1-19-7-9-21(10-8-19)16-22(26-6-4-5-15-29-26)11-12-24-18-30-27-14-13-23(17-25(24)27)28-20(2)31-32-33(28)3/h4-10,13-15,17-18,22,24H,11-12,16H2,1-3H3/t22-,24?/m1/s1. The van der Waals surface area contributed by atoms with Crippen molar-refractivity contribution in [3.8, 4) is 11.3 Å². The lowest BCUT2D eigenvalue weighted by Crippen LogP contribution is -2.08. The van der Waals surface area contributed by atoms with Gasteiger partial charge in [-0.25, -0.2) is 4.68 Å². The Morgan fingerprint density at radius 2 is 1.85 bits per heavy atom. The van der Waals surface area contributed by atoms with E-state index in [2.05, 4.69) is 78.0 Å². The van der Waals surface area contributed by atoms with Gasteiger partial charge in [0.1, 0.15) is 0 Å². The van der Waals surface area contributed by atoms with Crippen molar-refractivity contribution in [2.45, 2.75) is 44.9 Å². The molecule has 0 fully saturated rings. The van der Waals surface area contributed by atoms with E-state index in [1.807, 2.05) is 30.9 Å². The maximum atomic E-state index is 4.71. The lowest BCUT2D eigenvalue weighted by Gasteiger charge is -2.19. The number of hydrogen-bond acceptors (Lipinski definition) is 4. The molecule has 0 spiro atoms. The summed E-state index contributed by atoms with van der Waals surface area (Å²) in [7, 11) is 1.94. The summed E-state index contributed by atoms with van der Waals surface area (Å²) < 4.78 is 1.85. The highest BCUT2D eigenvalue weighted by molar-refractivity contribution is 5.82. The van der Waals surface area contributed by atoms with E-state index in [1.54, 1.807) is 0 Å². The Hall–Kier alpha value is -3.60. The van der Waals surface area contributed by atoms with Gasteiger partial charge >= 0.3 is 0 Å². The van der Waals surface area contributed by atoms with E-state index in [1.165, 1.54) is 22.4 Å². The summed E-state index contributed by atoms with van der Waals surface area (Å²) in [5, 5.41) is 8.39. The molecule has 5 rings (SSSR count). The van der Waals surface area contributed by atoms with Crippen molar-refractivity contribution in [1.82, 2.24) is 20.0 Å². The summed E-state index contributed by atoms with van der Waals surface area (Å²) in [6.45, 7) is 4.14. The zero-order chi connectivity index (χ0) is 22.8. The van der Waals surface area contributed by atoms with E-state index in [9.17, 15) is 0 Å². The van der Waals surface area contributed by atoms with E-state index < -0.39 is 0 Å². The van der Waals surface area contributed by atoms with Crippen LogP contribution >= 0.6 is 0 Å². The molecule has 0 saturated heterocycles. The van der Waals surface area contributed by atoms with Crippen LogP contribution in [0.25, 0.3) is 11.3 Å². The molecular weight excluding hydrogens is 406 g/mol. The van der Waals surface area contributed by atoms with Crippen LogP contribution in [-0.4, -0.2) is 26.2 Å². The quantitative estimate of drug-likeness (QED) is 0.352. The summed E-state index contributed by atoms with van der Waals surface area (Å²) >= 11 is 0. The maximum Gasteiger partial charge on any atom is 0.0911 e. The van der Waals surface area contributed by atoms with E-state index in [0.717, 1.165) is 41.9 Å². The Kier molecular flexibility index (Phi) is 5.86. The van der Waals surface area contributed by atoms with E-state index in [0.29, 0.717) is 11.8 Å². The highest BCUT2D eigenvalue weighted by atomic mass is 15.4. The van der Waals surface area contributed by atoms with Crippen LogP contribution in [-0.2, 0) is 13.5 Å². The first-order valence-corrected chi connectivity index (χ1v) is 11.6. The number of nitrogens with zero attached hydrogens (tertiary/aromatic N) is 5. The van der Waals surface area contributed by atoms with Crippen molar-refractivity contribution in [2.75, 3.05) is 0 Å². The number of aliphatic imine (C=N–C) groups is 1. The van der Waals surface area contributed by atoms with Crippen molar-refractivity contribution in [3.63, 3.8) is 0 Å². The fourth-order valence-corrected chi connectivity index (χ4v) is 4.81. The van der Waals surface area contributed by atoms with Crippen LogP contribution < -0.4 is 0 Å². The van der Waals surface area contributed by atoms with Crippen LogP contribution in [0.5, 0.6) is 0 Å². The fraction of sp³-hybridized carbons (Fsp3) is 0.286. The second-order valence-electron chi connectivity index (χ2n) is 9.02. The zero-order valence-corrected chi connectivity index (χ0v) is 19.4. The molecule has 1 aliphatic rings. The van der Waals surface area contributed by atoms with Gasteiger partial charge in [0.15, 0.2) is 0 Å². The second-order valence-corrected chi connectivity index (χ2v) is 9.02. The van der Waals surface area contributed by atoms with Gasteiger partial charge in [-0.1, -0.05) is 47.2 Å². The number of pyridine rings is 1. The molecule has 5 heteroatoms.